The number of benzene rings is 1. The highest BCUT2D eigenvalue weighted by Crippen LogP contribution is 2.27. The van der Waals surface area contributed by atoms with Crippen molar-refractivity contribution in [3.8, 4) is 5.75 Å². The molecule has 0 fully saturated rings. The van der Waals surface area contributed by atoms with Crippen molar-refractivity contribution in [2.45, 2.75) is 25.9 Å². The molecule has 1 aromatic carbocycles. The van der Waals surface area contributed by atoms with Crippen LogP contribution in [-0.4, -0.2) is 23.2 Å². The van der Waals surface area contributed by atoms with E-state index >= 15 is 0 Å². The van der Waals surface area contributed by atoms with Crippen molar-refractivity contribution in [2.24, 2.45) is 5.73 Å². The molecular weight excluding hydrogens is 242 g/mol. The topological polar surface area (TPSA) is 72.6 Å². The Morgan fingerprint density at radius 2 is 2.18 bits per heavy atom. The maximum atomic E-state index is 11.3. The fourth-order valence-corrected chi connectivity index (χ4v) is 1.57. The summed E-state index contributed by atoms with van der Waals surface area (Å²) in [5.41, 5.74) is 4.91. The molecule has 0 saturated carbocycles. The first-order valence-electron chi connectivity index (χ1n) is 5.25. The molecule has 3 N–H and O–H groups in total. The summed E-state index contributed by atoms with van der Waals surface area (Å²) in [6.45, 7) is 3.65. The Labute approximate surface area is 105 Å². The van der Waals surface area contributed by atoms with Gasteiger partial charge in [0.15, 0.2) is 0 Å². The highest BCUT2D eigenvalue weighted by molar-refractivity contribution is 6.31. The van der Waals surface area contributed by atoms with Gasteiger partial charge in [-0.2, -0.15) is 0 Å². The third-order valence-electron chi connectivity index (χ3n) is 2.31. The van der Waals surface area contributed by atoms with E-state index < -0.39 is 11.5 Å². The molecule has 0 atom stereocenters. The van der Waals surface area contributed by atoms with E-state index in [4.69, 9.17) is 27.2 Å². The molecular formula is C12H16ClNO3. The lowest BCUT2D eigenvalue weighted by atomic mass is 10.1. The number of aliphatic hydroxyl groups is 1. The zero-order valence-electron chi connectivity index (χ0n) is 9.87. The predicted molar refractivity (Wildman–Crippen MR) is 66.4 cm³/mol. The molecule has 17 heavy (non-hydrogen) atoms. The Bertz CT molecular complexity index is 418. The van der Waals surface area contributed by atoms with Gasteiger partial charge in [-0.25, -0.2) is 0 Å². The minimum absolute atomic E-state index is 0.00644. The van der Waals surface area contributed by atoms with Gasteiger partial charge in [-0.3, -0.25) is 4.79 Å². The fraction of sp³-hybridized carbons (Fsp3) is 0.417. The smallest absolute Gasteiger partial charge is 0.252 e. The van der Waals surface area contributed by atoms with Crippen LogP contribution >= 0.6 is 11.6 Å². The fourth-order valence-electron chi connectivity index (χ4n) is 1.40. The predicted octanol–water partition coefficient (Wildman–Crippen LogP) is 1.98. The van der Waals surface area contributed by atoms with Gasteiger partial charge in [-0.15, -0.1) is 0 Å². The van der Waals surface area contributed by atoms with Crippen LogP contribution in [0.4, 0.5) is 0 Å². The molecule has 0 aliphatic heterocycles. The summed E-state index contributed by atoms with van der Waals surface area (Å²) in [6.07, 6.45) is 0.452. The molecule has 0 aromatic heterocycles. The molecule has 94 valence electrons. The largest absolute Gasteiger partial charge is 0.487 e. The number of carbonyl (C=O) groups is 1. The Morgan fingerprint density at radius 1 is 1.53 bits per heavy atom. The second kappa shape index (κ2) is 5.38. The van der Waals surface area contributed by atoms with E-state index in [1.807, 2.05) is 13.8 Å². The average molecular weight is 258 g/mol. The Hall–Kier alpha value is -1.26. The molecule has 1 amide bonds. The highest BCUT2D eigenvalue weighted by Gasteiger charge is 2.22. The first-order chi connectivity index (χ1) is 7.85. The van der Waals surface area contributed by atoms with Crippen molar-refractivity contribution in [3.05, 3.63) is 28.8 Å². The van der Waals surface area contributed by atoms with Gasteiger partial charge < -0.3 is 15.6 Å². The van der Waals surface area contributed by atoms with Crippen molar-refractivity contribution in [1.29, 1.82) is 0 Å². The molecule has 0 bridgehead atoms. The number of primary amides is 1. The number of aliphatic hydroxyl groups excluding tert-OH is 1. The number of rotatable bonds is 5. The van der Waals surface area contributed by atoms with E-state index in [9.17, 15) is 4.79 Å². The van der Waals surface area contributed by atoms with Crippen molar-refractivity contribution in [1.82, 2.24) is 0 Å². The molecule has 0 heterocycles. The normalized spacial score (nSPS) is 11.3. The lowest BCUT2D eigenvalue weighted by Gasteiger charge is -2.26. The Morgan fingerprint density at radius 3 is 2.71 bits per heavy atom. The molecule has 1 rings (SSSR count). The maximum absolute atomic E-state index is 11.3. The van der Waals surface area contributed by atoms with E-state index in [0.717, 1.165) is 0 Å². The van der Waals surface area contributed by atoms with Gasteiger partial charge in [0.05, 0.1) is 5.56 Å². The summed E-state index contributed by atoms with van der Waals surface area (Å²) in [6, 6.07) is 4.69. The van der Waals surface area contributed by atoms with Crippen molar-refractivity contribution in [2.75, 3.05) is 6.61 Å². The summed E-state index contributed by atoms with van der Waals surface area (Å²) in [7, 11) is 0. The van der Waals surface area contributed by atoms with E-state index in [0.29, 0.717) is 17.2 Å². The van der Waals surface area contributed by atoms with Crippen LogP contribution in [0.3, 0.4) is 0 Å². The van der Waals surface area contributed by atoms with Crippen molar-refractivity contribution >= 4 is 17.5 Å². The summed E-state index contributed by atoms with van der Waals surface area (Å²) < 4.78 is 5.67. The van der Waals surface area contributed by atoms with Gasteiger partial charge in [0.25, 0.3) is 5.91 Å². The van der Waals surface area contributed by atoms with Gasteiger partial charge in [0, 0.05) is 18.1 Å². The van der Waals surface area contributed by atoms with Crippen LogP contribution in [0, 0.1) is 0 Å². The van der Waals surface area contributed by atoms with E-state index in [1.165, 1.54) is 6.07 Å². The van der Waals surface area contributed by atoms with Gasteiger partial charge in [-0.1, -0.05) is 11.6 Å². The molecule has 0 aliphatic rings. The minimum Gasteiger partial charge on any atom is -0.487 e. The molecule has 0 unspecified atom stereocenters. The highest BCUT2D eigenvalue weighted by atomic mass is 35.5. The van der Waals surface area contributed by atoms with Crippen molar-refractivity contribution < 1.29 is 14.6 Å². The number of nitrogens with two attached hydrogens (primary N) is 1. The third kappa shape index (κ3) is 3.91. The van der Waals surface area contributed by atoms with Crippen LogP contribution in [0.25, 0.3) is 0 Å². The van der Waals surface area contributed by atoms with Crippen LogP contribution in [-0.2, 0) is 0 Å². The number of hydrogen-bond acceptors (Lipinski definition) is 3. The van der Waals surface area contributed by atoms with E-state index in [-0.39, 0.29) is 12.2 Å². The summed E-state index contributed by atoms with van der Waals surface area (Å²) in [5, 5.41) is 9.33. The SMILES string of the molecule is CC(C)(CCO)Oc1ccc(Cl)cc1C(N)=O. The van der Waals surface area contributed by atoms with E-state index in [2.05, 4.69) is 0 Å². The molecule has 0 saturated heterocycles. The van der Waals surface area contributed by atoms with Crippen LogP contribution < -0.4 is 10.5 Å². The number of amides is 1. The van der Waals surface area contributed by atoms with Crippen molar-refractivity contribution in [3.63, 3.8) is 0 Å². The summed E-state index contributed by atoms with van der Waals surface area (Å²) in [5.74, 6) is -0.220. The zero-order valence-corrected chi connectivity index (χ0v) is 10.6. The number of ether oxygens (including phenoxy) is 1. The molecule has 0 spiro atoms. The van der Waals surface area contributed by atoms with Crippen LogP contribution in [0.5, 0.6) is 5.75 Å². The van der Waals surface area contributed by atoms with Gasteiger partial charge in [0.1, 0.15) is 11.4 Å². The van der Waals surface area contributed by atoms with Gasteiger partial charge >= 0.3 is 0 Å². The third-order valence-corrected chi connectivity index (χ3v) is 2.54. The molecule has 0 aliphatic carbocycles. The first-order valence-corrected chi connectivity index (χ1v) is 5.63. The van der Waals surface area contributed by atoms with Crippen LogP contribution in [0.15, 0.2) is 18.2 Å². The number of halogens is 1. The van der Waals surface area contributed by atoms with Gasteiger partial charge in [0.2, 0.25) is 0 Å². The molecule has 5 heteroatoms. The Balaban J connectivity index is 3.02. The average Bonchev–Trinajstić information content (AvgIpc) is 2.20. The first kappa shape index (κ1) is 13.8. The van der Waals surface area contributed by atoms with Crippen LogP contribution in [0.1, 0.15) is 30.6 Å². The van der Waals surface area contributed by atoms with E-state index in [1.54, 1.807) is 12.1 Å². The Kier molecular flexibility index (Phi) is 4.37. The lowest BCUT2D eigenvalue weighted by molar-refractivity contribution is 0.0743. The molecule has 4 nitrogen and oxygen atoms in total. The molecule has 0 radical (unpaired) electrons. The number of hydrogen-bond donors (Lipinski definition) is 2. The van der Waals surface area contributed by atoms with Gasteiger partial charge in [-0.05, 0) is 32.0 Å². The van der Waals surface area contributed by atoms with Crippen LogP contribution in [0.2, 0.25) is 5.02 Å². The molecule has 1 aromatic rings. The monoisotopic (exact) mass is 257 g/mol. The summed E-state index contributed by atoms with van der Waals surface area (Å²) >= 11 is 5.79. The zero-order chi connectivity index (χ0) is 13.1. The lowest BCUT2D eigenvalue weighted by Crippen LogP contribution is -2.30. The standard InChI is InChI=1S/C12H16ClNO3/c1-12(2,5-6-15)17-10-4-3-8(13)7-9(10)11(14)16/h3-4,7,15H,5-6H2,1-2H3,(H2,14,16). The second-order valence-electron chi connectivity index (χ2n) is 4.34. The summed E-state index contributed by atoms with van der Waals surface area (Å²) in [4.78, 5) is 11.3. The number of carbonyl (C=O) groups excluding carboxylic acids is 1. The quantitative estimate of drug-likeness (QED) is 0.847. The minimum atomic E-state index is -0.595. The maximum Gasteiger partial charge on any atom is 0.252 e. The second-order valence-corrected chi connectivity index (χ2v) is 4.78.